The number of nitrogens with one attached hydrogen (secondary N) is 1. The molecule has 1 aliphatic heterocycles. The first-order valence-electron chi connectivity index (χ1n) is 8.16. The number of ether oxygens (including phenoxy) is 1. The molecule has 1 heterocycles. The number of aliphatic hydroxyl groups excluding tert-OH is 2. The summed E-state index contributed by atoms with van der Waals surface area (Å²) in [7, 11) is 0. The van der Waals surface area contributed by atoms with Crippen LogP contribution in [0, 0.1) is 0 Å². The molecule has 1 aliphatic carbocycles. The number of carboxylic acids is 2. The maximum absolute atomic E-state index is 11.6. The summed E-state index contributed by atoms with van der Waals surface area (Å²) in [6.45, 7) is 0.571. The van der Waals surface area contributed by atoms with Gasteiger partial charge in [-0.1, -0.05) is 24.3 Å². The Hall–Kier alpha value is -2.00. The van der Waals surface area contributed by atoms with E-state index in [1.807, 2.05) is 12.1 Å². The summed E-state index contributed by atoms with van der Waals surface area (Å²) in [5.74, 6) is -3.24. The average Bonchev–Trinajstić information content (AvgIpc) is 2.58. The molecule has 5 atom stereocenters. The van der Waals surface area contributed by atoms with Gasteiger partial charge in [-0.05, 0) is 24.0 Å². The number of carboxylic acid groups (broad SMARTS) is 2. The van der Waals surface area contributed by atoms with E-state index in [9.17, 15) is 24.9 Å². The average molecular weight is 351 g/mol. The molecule has 0 aromatic heterocycles. The van der Waals surface area contributed by atoms with Crippen LogP contribution in [0.2, 0.25) is 0 Å². The van der Waals surface area contributed by atoms with Crippen LogP contribution in [0.4, 0.5) is 0 Å². The molecular formula is C17H21NO7. The van der Waals surface area contributed by atoms with Crippen molar-refractivity contribution in [3.63, 3.8) is 0 Å². The third-order valence-electron chi connectivity index (χ3n) is 5.02. The zero-order valence-electron chi connectivity index (χ0n) is 13.5. The van der Waals surface area contributed by atoms with Gasteiger partial charge in [-0.15, -0.1) is 0 Å². The normalized spacial score (nSPS) is 30.6. The van der Waals surface area contributed by atoms with E-state index in [1.54, 1.807) is 12.1 Å². The number of hydrogen-bond donors (Lipinski definition) is 5. The van der Waals surface area contributed by atoms with Crippen LogP contribution in [0.25, 0.3) is 0 Å². The van der Waals surface area contributed by atoms with Crippen LogP contribution in [0.3, 0.4) is 0 Å². The Balaban J connectivity index is 2.06. The van der Waals surface area contributed by atoms with E-state index in [0.29, 0.717) is 19.4 Å². The van der Waals surface area contributed by atoms with Crippen LogP contribution in [-0.4, -0.2) is 56.7 Å². The summed E-state index contributed by atoms with van der Waals surface area (Å²) in [4.78, 5) is 22.6. The van der Waals surface area contributed by atoms with Gasteiger partial charge in [-0.3, -0.25) is 0 Å². The lowest BCUT2D eigenvalue weighted by atomic mass is 9.70. The second kappa shape index (κ2) is 6.72. The van der Waals surface area contributed by atoms with E-state index in [0.717, 1.165) is 11.1 Å². The molecular weight excluding hydrogens is 330 g/mol. The van der Waals surface area contributed by atoms with E-state index >= 15 is 0 Å². The van der Waals surface area contributed by atoms with Crippen LogP contribution in [0.1, 0.15) is 30.4 Å². The highest BCUT2D eigenvalue weighted by Gasteiger charge is 2.52. The fraction of sp³-hybridized carbons (Fsp3) is 0.529. The Morgan fingerprint density at radius 2 is 1.92 bits per heavy atom. The van der Waals surface area contributed by atoms with Gasteiger partial charge in [0.05, 0.1) is 6.10 Å². The van der Waals surface area contributed by atoms with E-state index in [1.165, 1.54) is 0 Å². The molecule has 25 heavy (non-hydrogen) atoms. The highest BCUT2D eigenvalue weighted by molar-refractivity contribution is 5.83. The number of benzene rings is 1. The number of aliphatic hydroxyl groups is 2. The second-order valence-corrected chi connectivity index (χ2v) is 6.58. The molecule has 0 saturated heterocycles. The number of fused-ring (bicyclic) bond motifs is 3. The first-order chi connectivity index (χ1) is 11.8. The molecule has 3 unspecified atom stereocenters. The fourth-order valence-electron chi connectivity index (χ4n) is 3.87. The van der Waals surface area contributed by atoms with Crippen LogP contribution < -0.4 is 5.32 Å². The van der Waals surface area contributed by atoms with Gasteiger partial charge in [0.1, 0.15) is 5.60 Å². The molecule has 1 fully saturated rings. The molecule has 1 saturated carbocycles. The van der Waals surface area contributed by atoms with E-state index in [-0.39, 0.29) is 12.5 Å². The topological polar surface area (TPSA) is 136 Å². The Morgan fingerprint density at radius 1 is 1.20 bits per heavy atom. The van der Waals surface area contributed by atoms with Gasteiger partial charge in [-0.2, -0.15) is 0 Å². The van der Waals surface area contributed by atoms with E-state index in [2.05, 4.69) is 5.32 Å². The summed E-state index contributed by atoms with van der Waals surface area (Å²) in [5.41, 5.74) is 0.398. The molecule has 0 radical (unpaired) electrons. The molecule has 2 aliphatic rings. The third kappa shape index (κ3) is 3.13. The number of rotatable bonds is 5. The molecule has 8 heteroatoms. The quantitative estimate of drug-likeness (QED) is 0.493. The summed E-state index contributed by atoms with van der Waals surface area (Å²) in [6, 6.07) is 7.01. The van der Waals surface area contributed by atoms with Gasteiger partial charge in [0.15, 0.2) is 12.2 Å². The molecule has 0 spiro atoms. The van der Waals surface area contributed by atoms with Crippen molar-refractivity contribution in [3.8, 4) is 0 Å². The minimum Gasteiger partial charge on any atom is -0.479 e. The SMILES string of the molecule is O=C(O)[C@H](O)[C@@H](OC12CC(O)CCC1NCc1ccccc12)C(=O)O. The third-order valence-corrected chi connectivity index (χ3v) is 5.02. The fourth-order valence-corrected chi connectivity index (χ4v) is 3.87. The highest BCUT2D eigenvalue weighted by Crippen LogP contribution is 2.45. The smallest absolute Gasteiger partial charge is 0.336 e. The van der Waals surface area contributed by atoms with Crippen LogP contribution in [-0.2, 0) is 26.5 Å². The lowest BCUT2D eigenvalue weighted by molar-refractivity contribution is -0.207. The summed E-state index contributed by atoms with van der Waals surface area (Å²) in [5, 5.41) is 41.7. The van der Waals surface area contributed by atoms with Crippen LogP contribution in [0.15, 0.2) is 24.3 Å². The summed E-state index contributed by atoms with van der Waals surface area (Å²) in [6.07, 6.45) is -3.66. The lowest BCUT2D eigenvalue weighted by Gasteiger charge is -2.50. The predicted molar refractivity (Wildman–Crippen MR) is 84.8 cm³/mol. The molecule has 5 N–H and O–H groups in total. The summed E-state index contributed by atoms with van der Waals surface area (Å²) >= 11 is 0. The maximum Gasteiger partial charge on any atom is 0.336 e. The standard InChI is InChI=1S/C17H21NO7/c19-10-5-6-12-17(7-10,11-4-2-1-3-9(11)8-18-12)25-14(16(23)24)13(20)15(21)22/h1-4,10,12-14,18-20H,5-8H2,(H,21,22)(H,23,24)/t10?,12?,13-,14-,17?/m1/s1. The molecule has 1 aromatic carbocycles. The Labute approximate surface area is 144 Å². The predicted octanol–water partition coefficient (Wildman–Crippen LogP) is -0.186. The van der Waals surface area contributed by atoms with E-state index < -0.39 is 35.9 Å². The Bertz CT molecular complexity index is 679. The number of hydrogen-bond acceptors (Lipinski definition) is 6. The number of aliphatic carboxylic acids is 2. The van der Waals surface area contributed by atoms with Crippen molar-refractivity contribution in [3.05, 3.63) is 35.4 Å². The zero-order chi connectivity index (χ0) is 18.2. The van der Waals surface area contributed by atoms with Crippen molar-refractivity contribution in [2.45, 2.75) is 55.8 Å². The summed E-state index contributed by atoms with van der Waals surface area (Å²) < 4.78 is 5.81. The first-order valence-corrected chi connectivity index (χ1v) is 8.16. The monoisotopic (exact) mass is 351 g/mol. The molecule has 3 rings (SSSR count). The maximum atomic E-state index is 11.6. The van der Waals surface area contributed by atoms with Gasteiger partial charge in [-0.25, -0.2) is 9.59 Å². The largest absolute Gasteiger partial charge is 0.479 e. The van der Waals surface area contributed by atoms with E-state index in [4.69, 9.17) is 9.84 Å². The van der Waals surface area contributed by atoms with Crippen molar-refractivity contribution in [2.24, 2.45) is 0 Å². The Kier molecular flexibility index (Phi) is 4.79. The molecule has 0 bridgehead atoms. The van der Waals surface area contributed by atoms with Crippen LogP contribution >= 0.6 is 0 Å². The van der Waals surface area contributed by atoms with Gasteiger partial charge >= 0.3 is 11.9 Å². The minimum atomic E-state index is -2.21. The molecule has 8 nitrogen and oxygen atoms in total. The van der Waals surface area contributed by atoms with Crippen molar-refractivity contribution in [1.29, 1.82) is 0 Å². The van der Waals surface area contributed by atoms with Gasteiger partial charge in [0.2, 0.25) is 0 Å². The van der Waals surface area contributed by atoms with Crippen molar-refractivity contribution >= 4 is 11.9 Å². The van der Waals surface area contributed by atoms with Crippen LogP contribution in [0.5, 0.6) is 0 Å². The van der Waals surface area contributed by atoms with Gasteiger partial charge < -0.3 is 30.5 Å². The van der Waals surface area contributed by atoms with Gasteiger partial charge in [0, 0.05) is 19.0 Å². The van der Waals surface area contributed by atoms with Crippen molar-refractivity contribution in [2.75, 3.05) is 0 Å². The van der Waals surface area contributed by atoms with Gasteiger partial charge in [0.25, 0.3) is 0 Å². The molecule has 1 aromatic rings. The molecule has 136 valence electrons. The number of carbonyl (C=O) groups is 2. The van der Waals surface area contributed by atoms with Crippen molar-refractivity contribution in [1.82, 2.24) is 5.32 Å². The van der Waals surface area contributed by atoms with Crippen molar-refractivity contribution < 1.29 is 34.8 Å². The zero-order valence-corrected chi connectivity index (χ0v) is 13.5. The molecule has 0 amide bonds. The minimum absolute atomic E-state index is 0.123. The first kappa shape index (κ1) is 17.8. The second-order valence-electron chi connectivity index (χ2n) is 6.58. The lowest BCUT2D eigenvalue weighted by Crippen LogP contribution is -2.61. The highest BCUT2D eigenvalue weighted by atomic mass is 16.6. The Morgan fingerprint density at radius 3 is 2.60 bits per heavy atom.